The number of nitrogens with one attached hydrogen (secondary N) is 1. The highest BCUT2D eigenvalue weighted by atomic mass is 14.9. The van der Waals surface area contributed by atoms with Gasteiger partial charge in [0.15, 0.2) is 0 Å². The maximum Gasteiger partial charge on any atom is 0.0522 e. The summed E-state index contributed by atoms with van der Waals surface area (Å²) >= 11 is 0. The maximum absolute atomic E-state index is 4.53. The van der Waals surface area contributed by atoms with E-state index in [4.69, 9.17) is 0 Å². The van der Waals surface area contributed by atoms with Gasteiger partial charge in [-0.25, -0.2) is 0 Å². The number of allylic oxidation sites excluding steroid dienone is 3. The lowest BCUT2D eigenvalue weighted by atomic mass is 9.78. The maximum atomic E-state index is 4.53. The molecule has 93 valence electrons. The van der Waals surface area contributed by atoms with E-state index in [0.29, 0.717) is 0 Å². The Labute approximate surface area is 109 Å². The summed E-state index contributed by atoms with van der Waals surface area (Å²) in [6.45, 7) is 2.07. The lowest BCUT2D eigenvalue weighted by molar-refractivity contribution is 0.516. The van der Waals surface area contributed by atoms with Gasteiger partial charge in [0.25, 0.3) is 0 Å². The quantitative estimate of drug-likeness (QED) is 0.854. The third-order valence-electron chi connectivity index (χ3n) is 3.70. The van der Waals surface area contributed by atoms with Gasteiger partial charge in [-0.1, -0.05) is 30.4 Å². The van der Waals surface area contributed by atoms with Gasteiger partial charge in [0.1, 0.15) is 0 Å². The fourth-order valence-electron chi connectivity index (χ4n) is 2.40. The molecular weight excluding hydrogens is 220 g/mol. The van der Waals surface area contributed by atoms with Crippen LogP contribution in [0.3, 0.4) is 0 Å². The van der Waals surface area contributed by atoms with Gasteiger partial charge in [0, 0.05) is 19.2 Å². The van der Waals surface area contributed by atoms with Crippen LogP contribution in [0.5, 0.6) is 0 Å². The van der Waals surface area contributed by atoms with Crippen LogP contribution in [0.4, 0.5) is 0 Å². The molecule has 1 unspecified atom stereocenters. The first-order valence-electron chi connectivity index (χ1n) is 6.72. The van der Waals surface area contributed by atoms with Crippen LogP contribution in [0.25, 0.3) is 0 Å². The summed E-state index contributed by atoms with van der Waals surface area (Å²) in [6.07, 6.45) is 15.5. The van der Waals surface area contributed by atoms with Crippen molar-refractivity contribution in [2.45, 2.75) is 18.3 Å². The Balaban J connectivity index is 1.75. The molecule has 18 heavy (non-hydrogen) atoms. The highest BCUT2D eigenvalue weighted by Crippen LogP contribution is 2.31. The number of hydrogen-bond donors (Lipinski definition) is 1. The predicted molar refractivity (Wildman–Crippen MR) is 74.1 cm³/mol. The van der Waals surface area contributed by atoms with Crippen molar-refractivity contribution >= 4 is 0 Å². The summed E-state index contributed by atoms with van der Waals surface area (Å²) < 4.78 is 0. The fourth-order valence-corrected chi connectivity index (χ4v) is 2.40. The van der Waals surface area contributed by atoms with Crippen molar-refractivity contribution in [3.8, 4) is 0 Å². The molecule has 1 aromatic heterocycles. The number of pyridine rings is 1. The fraction of sp³-hybridized carbons (Fsp3) is 0.375. The van der Waals surface area contributed by atoms with E-state index in [1.165, 1.54) is 12.8 Å². The molecule has 0 aliphatic heterocycles. The standard InChI is InChI=1S/C16H19N2/c1-3-9-16(10-4-1,13-17-12-14-7-8-14)15-6-2-5-11-18-15/h1-6,9-11,14,17H,7-8,12-13H2. The molecule has 2 heteroatoms. The molecule has 1 heterocycles. The van der Waals surface area contributed by atoms with E-state index in [9.17, 15) is 0 Å². The van der Waals surface area contributed by atoms with E-state index >= 15 is 0 Å². The van der Waals surface area contributed by atoms with Crippen LogP contribution in [0.2, 0.25) is 0 Å². The Morgan fingerprint density at radius 1 is 1.22 bits per heavy atom. The van der Waals surface area contributed by atoms with Crippen LogP contribution in [0.15, 0.2) is 48.7 Å². The highest BCUT2D eigenvalue weighted by molar-refractivity contribution is 5.38. The van der Waals surface area contributed by atoms with E-state index in [1.54, 1.807) is 0 Å². The monoisotopic (exact) mass is 239 g/mol. The van der Waals surface area contributed by atoms with E-state index < -0.39 is 0 Å². The lowest BCUT2D eigenvalue weighted by Crippen LogP contribution is -2.39. The van der Waals surface area contributed by atoms with Crippen molar-refractivity contribution in [1.82, 2.24) is 10.3 Å². The zero-order valence-electron chi connectivity index (χ0n) is 10.5. The highest BCUT2D eigenvalue weighted by Gasteiger charge is 2.31. The first-order valence-corrected chi connectivity index (χ1v) is 6.72. The van der Waals surface area contributed by atoms with Gasteiger partial charge < -0.3 is 5.32 Å². The summed E-state index contributed by atoms with van der Waals surface area (Å²) in [4.78, 5) is 4.53. The van der Waals surface area contributed by atoms with Crippen LogP contribution in [0, 0.1) is 12.3 Å². The van der Waals surface area contributed by atoms with E-state index in [-0.39, 0.29) is 5.41 Å². The zero-order valence-corrected chi connectivity index (χ0v) is 10.5. The number of rotatable bonds is 5. The van der Waals surface area contributed by atoms with E-state index in [0.717, 1.165) is 24.7 Å². The average molecular weight is 239 g/mol. The summed E-state index contributed by atoms with van der Waals surface area (Å²) in [5.74, 6) is 0.911. The van der Waals surface area contributed by atoms with Crippen molar-refractivity contribution < 1.29 is 0 Å². The molecule has 2 nitrogen and oxygen atoms in total. The third kappa shape index (κ3) is 2.54. The van der Waals surface area contributed by atoms with Gasteiger partial charge in [-0.2, -0.15) is 0 Å². The molecule has 2 aliphatic rings. The smallest absolute Gasteiger partial charge is 0.0522 e. The van der Waals surface area contributed by atoms with Crippen LogP contribution in [-0.4, -0.2) is 18.1 Å². The molecular formula is C16H19N2. The molecule has 1 atom stereocenters. The second-order valence-corrected chi connectivity index (χ2v) is 5.24. The molecule has 1 N–H and O–H groups in total. The van der Waals surface area contributed by atoms with E-state index in [1.807, 2.05) is 12.3 Å². The van der Waals surface area contributed by atoms with Gasteiger partial charge in [0.2, 0.25) is 0 Å². The molecule has 0 saturated heterocycles. The van der Waals surface area contributed by atoms with E-state index in [2.05, 4.69) is 53.2 Å². The molecule has 2 aliphatic carbocycles. The van der Waals surface area contributed by atoms with Gasteiger partial charge in [0.05, 0.1) is 11.1 Å². The molecule has 1 radical (unpaired) electrons. The number of aromatic nitrogens is 1. The summed E-state index contributed by atoms with van der Waals surface area (Å²) in [7, 11) is 0. The molecule has 0 bridgehead atoms. The largest absolute Gasteiger partial charge is 0.315 e. The molecule has 1 saturated carbocycles. The third-order valence-corrected chi connectivity index (χ3v) is 3.70. The normalized spacial score (nSPS) is 26.4. The van der Waals surface area contributed by atoms with Crippen LogP contribution >= 0.6 is 0 Å². The average Bonchev–Trinajstić information content (AvgIpc) is 3.25. The van der Waals surface area contributed by atoms with Gasteiger partial charge in [-0.05, 0) is 37.4 Å². The topological polar surface area (TPSA) is 24.9 Å². The Hall–Kier alpha value is -1.41. The number of hydrogen-bond acceptors (Lipinski definition) is 2. The number of nitrogens with zero attached hydrogens (tertiary/aromatic N) is 1. The second kappa shape index (κ2) is 5.07. The zero-order chi connectivity index (χ0) is 12.3. The summed E-state index contributed by atoms with van der Waals surface area (Å²) in [5.41, 5.74) is 1.04. The molecule has 0 amide bonds. The Morgan fingerprint density at radius 3 is 2.83 bits per heavy atom. The minimum absolute atomic E-state index is 0.0785. The SMILES string of the molecule is [CH]1C=CC=CC1(CNCC1CC1)c1ccccn1. The minimum Gasteiger partial charge on any atom is -0.315 e. The summed E-state index contributed by atoms with van der Waals surface area (Å²) in [5, 5.41) is 3.60. The lowest BCUT2D eigenvalue weighted by Gasteiger charge is -2.30. The first kappa shape index (κ1) is 11.7. The molecule has 0 aromatic carbocycles. The van der Waals surface area contributed by atoms with Crippen molar-refractivity contribution in [3.05, 3.63) is 60.8 Å². The van der Waals surface area contributed by atoms with Gasteiger partial charge >= 0.3 is 0 Å². The van der Waals surface area contributed by atoms with Gasteiger partial charge in [-0.3, -0.25) is 4.98 Å². The molecule has 3 rings (SSSR count). The van der Waals surface area contributed by atoms with Crippen molar-refractivity contribution in [2.75, 3.05) is 13.1 Å². The Bertz CT molecular complexity index is 445. The molecule has 1 aromatic rings. The Morgan fingerprint density at radius 2 is 2.17 bits per heavy atom. The minimum atomic E-state index is -0.0785. The van der Waals surface area contributed by atoms with Crippen molar-refractivity contribution in [1.29, 1.82) is 0 Å². The van der Waals surface area contributed by atoms with Crippen LogP contribution in [0.1, 0.15) is 18.5 Å². The van der Waals surface area contributed by atoms with Crippen LogP contribution < -0.4 is 5.32 Å². The molecule has 0 spiro atoms. The van der Waals surface area contributed by atoms with Crippen LogP contribution in [-0.2, 0) is 5.41 Å². The van der Waals surface area contributed by atoms with Crippen molar-refractivity contribution in [2.24, 2.45) is 5.92 Å². The molecule has 1 fully saturated rings. The summed E-state index contributed by atoms with van der Waals surface area (Å²) in [6, 6.07) is 6.14. The Kier molecular flexibility index (Phi) is 3.28. The predicted octanol–water partition coefficient (Wildman–Crippen LogP) is 2.65. The van der Waals surface area contributed by atoms with Crippen molar-refractivity contribution in [3.63, 3.8) is 0 Å². The first-order chi connectivity index (χ1) is 8.89. The second-order valence-electron chi connectivity index (χ2n) is 5.24. The van der Waals surface area contributed by atoms with Gasteiger partial charge in [-0.15, -0.1) is 0 Å².